The molecule has 0 unspecified atom stereocenters. The average molecular weight is 433 g/mol. The molecule has 0 aliphatic carbocycles. The lowest BCUT2D eigenvalue weighted by atomic mass is 9.93. The molecule has 0 saturated heterocycles. The number of carbonyl (C=O) groups excluding carboxylic acids is 4. The van der Waals surface area contributed by atoms with E-state index in [1.807, 2.05) is 30.3 Å². The highest BCUT2D eigenvalue weighted by Gasteiger charge is 2.38. The summed E-state index contributed by atoms with van der Waals surface area (Å²) in [4.78, 5) is 51.3. The van der Waals surface area contributed by atoms with Gasteiger partial charge in [0.1, 0.15) is 12.3 Å². The van der Waals surface area contributed by atoms with Crippen molar-refractivity contribution in [2.75, 3.05) is 6.54 Å². The summed E-state index contributed by atoms with van der Waals surface area (Å²) in [7, 11) is 0. The molecule has 0 spiro atoms. The summed E-state index contributed by atoms with van der Waals surface area (Å²) in [6.45, 7) is 6.94. The Kier molecular flexibility index (Phi) is 10.5. The number of benzene rings is 1. The van der Waals surface area contributed by atoms with Crippen molar-refractivity contribution in [1.82, 2.24) is 10.2 Å². The third-order valence-corrected chi connectivity index (χ3v) is 4.90. The number of hydrogen-bond acceptors (Lipinski definition) is 6. The van der Waals surface area contributed by atoms with Crippen LogP contribution in [0.1, 0.15) is 52.5 Å². The quantitative estimate of drug-likeness (QED) is 0.355. The predicted octanol–water partition coefficient (Wildman–Crippen LogP) is 1.16. The minimum absolute atomic E-state index is 0.291. The SMILES string of the molecule is C[C@@H](C=O)N(C(=O)[C@H](CCCCN)NC(=O)[C@@H](N)Cc1ccccc1)C(=O)C(C)(C)C. The number of rotatable bonds is 11. The Labute approximate surface area is 184 Å². The predicted molar refractivity (Wildman–Crippen MR) is 120 cm³/mol. The second-order valence-electron chi connectivity index (χ2n) is 8.78. The zero-order chi connectivity index (χ0) is 23.6. The normalized spacial score (nSPS) is 14.3. The number of amides is 3. The number of imide groups is 1. The number of hydrogen-bond donors (Lipinski definition) is 3. The largest absolute Gasteiger partial charge is 0.343 e. The van der Waals surface area contributed by atoms with E-state index in [4.69, 9.17) is 11.5 Å². The molecule has 3 atom stereocenters. The highest BCUT2D eigenvalue weighted by atomic mass is 16.2. The van der Waals surface area contributed by atoms with Gasteiger partial charge in [-0.1, -0.05) is 51.1 Å². The molecule has 8 nitrogen and oxygen atoms in total. The maximum atomic E-state index is 13.3. The molecule has 1 rings (SSSR count). The number of nitrogens with zero attached hydrogens (tertiary/aromatic N) is 1. The second kappa shape index (κ2) is 12.3. The molecule has 0 saturated carbocycles. The topological polar surface area (TPSA) is 136 Å². The molecule has 0 radical (unpaired) electrons. The molecule has 0 aliphatic heterocycles. The summed E-state index contributed by atoms with van der Waals surface area (Å²) < 4.78 is 0. The zero-order valence-electron chi connectivity index (χ0n) is 19.0. The standard InChI is InChI=1S/C23H36N4O4/c1-16(15-28)27(22(31)23(2,3)4)21(30)19(12-8-9-13-24)26-20(29)18(25)14-17-10-6-5-7-11-17/h5-7,10-11,15-16,18-19H,8-9,12-14,24-25H2,1-4H3,(H,26,29)/t16-,18-,19-/m0/s1. The Balaban J connectivity index is 3.05. The van der Waals surface area contributed by atoms with Crippen LogP contribution in [0, 0.1) is 5.41 Å². The monoisotopic (exact) mass is 432 g/mol. The molecule has 0 fully saturated rings. The summed E-state index contributed by atoms with van der Waals surface area (Å²) in [6, 6.07) is 6.53. The summed E-state index contributed by atoms with van der Waals surface area (Å²) in [5, 5.41) is 2.70. The van der Waals surface area contributed by atoms with E-state index < -0.39 is 41.3 Å². The molecule has 0 heterocycles. The van der Waals surface area contributed by atoms with Gasteiger partial charge in [0.2, 0.25) is 11.8 Å². The van der Waals surface area contributed by atoms with Crippen molar-refractivity contribution < 1.29 is 19.2 Å². The second-order valence-corrected chi connectivity index (χ2v) is 8.78. The Bertz CT molecular complexity index is 746. The van der Waals surface area contributed by atoms with Gasteiger partial charge in [0.25, 0.3) is 5.91 Å². The van der Waals surface area contributed by atoms with Gasteiger partial charge >= 0.3 is 0 Å². The van der Waals surface area contributed by atoms with Gasteiger partial charge in [0, 0.05) is 5.41 Å². The third kappa shape index (κ3) is 8.22. The van der Waals surface area contributed by atoms with Crippen LogP contribution in [0.2, 0.25) is 0 Å². The highest BCUT2D eigenvalue weighted by molar-refractivity contribution is 6.03. The van der Waals surface area contributed by atoms with Crippen LogP contribution >= 0.6 is 0 Å². The van der Waals surface area contributed by atoms with Crippen molar-refractivity contribution in [2.45, 2.75) is 71.5 Å². The molecule has 0 bridgehead atoms. The molecule has 0 aromatic heterocycles. The Morgan fingerprint density at radius 1 is 1.13 bits per heavy atom. The third-order valence-electron chi connectivity index (χ3n) is 4.90. The Morgan fingerprint density at radius 3 is 2.26 bits per heavy atom. The smallest absolute Gasteiger partial charge is 0.252 e. The van der Waals surface area contributed by atoms with E-state index in [2.05, 4.69) is 5.32 Å². The summed E-state index contributed by atoms with van der Waals surface area (Å²) in [5.74, 6) is -1.59. The molecular weight excluding hydrogens is 396 g/mol. The van der Waals surface area contributed by atoms with Crippen molar-refractivity contribution >= 4 is 24.0 Å². The van der Waals surface area contributed by atoms with Gasteiger partial charge < -0.3 is 21.6 Å². The van der Waals surface area contributed by atoms with Crippen molar-refractivity contribution in [3.05, 3.63) is 35.9 Å². The zero-order valence-corrected chi connectivity index (χ0v) is 19.0. The van der Waals surface area contributed by atoms with E-state index in [0.29, 0.717) is 38.5 Å². The van der Waals surface area contributed by atoms with Crippen molar-refractivity contribution in [2.24, 2.45) is 16.9 Å². The van der Waals surface area contributed by atoms with Gasteiger partial charge in [-0.05, 0) is 44.7 Å². The van der Waals surface area contributed by atoms with Gasteiger partial charge in [-0.15, -0.1) is 0 Å². The molecule has 172 valence electrons. The van der Waals surface area contributed by atoms with E-state index in [1.54, 1.807) is 20.8 Å². The van der Waals surface area contributed by atoms with E-state index in [9.17, 15) is 19.2 Å². The first-order chi connectivity index (χ1) is 14.5. The van der Waals surface area contributed by atoms with Crippen LogP contribution in [-0.4, -0.2) is 53.6 Å². The van der Waals surface area contributed by atoms with Crippen LogP contribution in [0.25, 0.3) is 0 Å². The molecule has 1 aromatic rings. The Morgan fingerprint density at radius 2 is 1.74 bits per heavy atom. The minimum Gasteiger partial charge on any atom is -0.343 e. The Hall–Kier alpha value is -2.58. The first-order valence-electron chi connectivity index (χ1n) is 10.7. The number of nitrogens with one attached hydrogen (secondary N) is 1. The maximum Gasteiger partial charge on any atom is 0.252 e. The van der Waals surface area contributed by atoms with Crippen LogP contribution < -0.4 is 16.8 Å². The fourth-order valence-electron chi connectivity index (χ4n) is 3.07. The minimum atomic E-state index is -0.977. The van der Waals surface area contributed by atoms with E-state index in [-0.39, 0.29) is 0 Å². The lowest BCUT2D eigenvalue weighted by molar-refractivity contribution is -0.156. The van der Waals surface area contributed by atoms with E-state index in [0.717, 1.165) is 10.5 Å². The van der Waals surface area contributed by atoms with Gasteiger partial charge in [-0.2, -0.15) is 0 Å². The lowest BCUT2D eigenvalue weighted by Gasteiger charge is -2.33. The van der Waals surface area contributed by atoms with Crippen molar-refractivity contribution in [1.29, 1.82) is 0 Å². The number of unbranched alkanes of at least 4 members (excludes halogenated alkanes) is 1. The molecule has 3 amide bonds. The molecule has 31 heavy (non-hydrogen) atoms. The van der Waals surface area contributed by atoms with Crippen molar-refractivity contribution in [3.63, 3.8) is 0 Å². The van der Waals surface area contributed by atoms with Crippen LogP contribution in [0.15, 0.2) is 30.3 Å². The first-order valence-corrected chi connectivity index (χ1v) is 10.7. The fraction of sp³-hybridized carbons (Fsp3) is 0.565. The van der Waals surface area contributed by atoms with Gasteiger partial charge in [0.05, 0.1) is 12.1 Å². The van der Waals surface area contributed by atoms with Crippen LogP contribution in [-0.2, 0) is 25.6 Å². The number of aldehydes is 1. The van der Waals surface area contributed by atoms with Crippen LogP contribution in [0.5, 0.6) is 0 Å². The lowest BCUT2D eigenvalue weighted by Crippen LogP contribution is -2.58. The molecule has 1 aromatic carbocycles. The number of nitrogens with two attached hydrogens (primary N) is 2. The highest BCUT2D eigenvalue weighted by Crippen LogP contribution is 2.20. The van der Waals surface area contributed by atoms with Gasteiger partial charge in [0.15, 0.2) is 0 Å². The maximum absolute atomic E-state index is 13.3. The van der Waals surface area contributed by atoms with Gasteiger partial charge in [-0.3, -0.25) is 19.3 Å². The van der Waals surface area contributed by atoms with Crippen molar-refractivity contribution in [3.8, 4) is 0 Å². The molecule has 5 N–H and O–H groups in total. The number of carbonyl (C=O) groups is 4. The summed E-state index contributed by atoms with van der Waals surface area (Å²) in [5.41, 5.74) is 11.6. The summed E-state index contributed by atoms with van der Waals surface area (Å²) >= 11 is 0. The van der Waals surface area contributed by atoms with E-state index >= 15 is 0 Å². The van der Waals surface area contributed by atoms with Crippen LogP contribution in [0.3, 0.4) is 0 Å². The average Bonchev–Trinajstić information content (AvgIpc) is 2.72. The molecule has 0 aliphatic rings. The van der Waals surface area contributed by atoms with E-state index in [1.165, 1.54) is 6.92 Å². The van der Waals surface area contributed by atoms with Gasteiger partial charge in [-0.25, -0.2) is 0 Å². The first kappa shape index (κ1) is 26.5. The molecular formula is C23H36N4O4. The fourth-order valence-corrected chi connectivity index (χ4v) is 3.07. The summed E-state index contributed by atoms with van der Waals surface area (Å²) in [6.07, 6.45) is 2.38. The molecule has 8 heteroatoms. The van der Waals surface area contributed by atoms with Crippen LogP contribution in [0.4, 0.5) is 0 Å².